The lowest BCUT2D eigenvalue weighted by molar-refractivity contribution is -0.384. The summed E-state index contributed by atoms with van der Waals surface area (Å²) in [5.41, 5.74) is 13.5. The van der Waals surface area contributed by atoms with Crippen LogP contribution in [0.1, 0.15) is 61.1 Å². The molecule has 7 heteroatoms. The first-order valence-electron chi connectivity index (χ1n) is 16.3. The van der Waals surface area contributed by atoms with Gasteiger partial charge < -0.3 is 9.80 Å². The molecule has 5 nitrogen and oxygen atoms in total. The molecule has 0 aromatic heterocycles. The largest absolute Gasteiger partial charge is 0.372 e. The molecule has 0 saturated heterocycles. The van der Waals surface area contributed by atoms with Crippen molar-refractivity contribution in [3.63, 3.8) is 0 Å². The third-order valence-corrected chi connectivity index (χ3v) is 8.84. The third-order valence-electron chi connectivity index (χ3n) is 7.09. The van der Waals surface area contributed by atoms with Crippen LogP contribution in [-0.4, -0.2) is 47.3 Å². The maximum atomic E-state index is 11.9. The highest BCUT2D eigenvalue weighted by atomic mass is 28.3. The minimum Gasteiger partial charge on any atom is -0.372 e. The first-order valence-corrected chi connectivity index (χ1v) is 23.3. The van der Waals surface area contributed by atoms with Crippen LogP contribution >= 0.6 is 0 Å². The van der Waals surface area contributed by atoms with Crippen molar-refractivity contribution in [2.45, 2.75) is 67.0 Å². The molecule has 3 aromatic carbocycles. The van der Waals surface area contributed by atoms with Crippen LogP contribution in [0.25, 0.3) is 0 Å². The van der Waals surface area contributed by atoms with E-state index < -0.39 is 21.1 Å². The van der Waals surface area contributed by atoms with Crippen molar-refractivity contribution in [3.8, 4) is 46.6 Å². The molecule has 0 amide bonds. The van der Waals surface area contributed by atoms with Crippen molar-refractivity contribution >= 4 is 33.2 Å². The molecule has 0 aliphatic heterocycles. The van der Waals surface area contributed by atoms with E-state index in [-0.39, 0.29) is 5.69 Å². The van der Waals surface area contributed by atoms with Crippen LogP contribution in [0.4, 0.5) is 17.1 Å². The van der Waals surface area contributed by atoms with Gasteiger partial charge in [0.2, 0.25) is 0 Å². The van der Waals surface area contributed by atoms with E-state index in [0.717, 1.165) is 59.8 Å². The molecule has 0 aliphatic carbocycles. The van der Waals surface area contributed by atoms with E-state index in [1.807, 2.05) is 18.2 Å². The summed E-state index contributed by atoms with van der Waals surface area (Å²) in [6.45, 7) is 25.3. The zero-order chi connectivity index (χ0) is 34.8. The lowest BCUT2D eigenvalue weighted by Gasteiger charge is -2.21. The Bertz CT molecular complexity index is 1740. The fourth-order valence-electron chi connectivity index (χ4n) is 4.72. The van der Waals surface area contributed by atoms with Crippen LogP contribution < -0.4 is 9.80 Å². The molecule has 0 N–H and O–H groups in total. The number of nitrogens with zero attached hydrogens (tertiary/aromatic N) is 3. The molecule has 0 heterocycles. The Hall–Kier alpha value is -4.67. The van der Waals surface area contributed by atoms with Gasteiger partial charge in [-0.05, 0) is 70.2 Å². The molecular formula is C40H47N3O2Si2. The molecule has 0 saturated carbocycles. The first kappa shape index (κ1) is 36.8. The average Bonchev–Trinajstić information content (AvgIpc) is 3.01. The number of rotatable bonds is 7. The maximum Gasteiger partial charge on any atom is 0.271 e. The van der Waals surface area contributed by atoms with Gasteiger partial charge in [-0.1, -0.05) is 74.8 Å². The quantitative estimate of drug-likeness (QED) is 0.111. The van der Waals surface area contributed by atoms with Crippen molar-refractivity contribution in [2.24, 2.45) is 0 Å². The minimum atomic E-state index is -1.57. The highest BCUT2D eigenvalue weighted by Crippen LogP contribution is 2.22. The monoisotopic (exact) mass is 657 g/mol. The van der Waals surface area contributed by atoms with Gasteiger partial charge in [-0.2, -0.15) is 0 Å². The summed E-state index contributed by atoms with van der Waals surface area (Å²) in [7, 11) is -3.14. The second-order valence-electron chi connectivity index (χ2n) is 13.4. The molecule has 0 unspecified atom stereocenters. The number of nitro groups is 1. The average molecular weight is 658 g/mol. The van der Waals surface area contributed by atoms with Gasteiger partial charge in [0.05, 0.1) is 4.92 Å². The van der Waals surface area contributed by atoms with Gasteiger partial charge >= 0.3 is 0 Å². The van der Waals surface area contributed by atoms with Crippen LogP contribution in [0, 0.1) is 56.7 Å². The molecule has 0 fully saturated rings. The molecule has 0 spiro atoms. The zero-order valence-electron chi connectivity index (χ0n) is 29.7. The lowest BCUT2D eigenvalue weighted by Crippen LogP contribution is -2.22. The third kappa shape index (κ3) is 11.9. The second-order valence-corrected chi connectivity index (χ2v) is 22.9. The Labute approximate surface area is 285 Å². The summed E-state index contributed by atoms with van der Waals surface area (Å²) >= 11 is 0. The molecule has 47 heavy (non-hydrogen) atoms. The van der Waals surface area contributed by atoms with Crippen LogP contribution in [-0.2, 0) is 0 Å². The summed E-state index contributed by atoms with van der Waals surface area (Å²) in [6.07, 6.45) is 0. The Morgan fingerprint density at radius 3 is 1.04 bits per heavy atom. The Balaban J connectivity index is 2.11. The van der Waals surface area contributed by atoms with Gasteiger partial charge in [-0.25, -0.2) is 0 Å². The molecule has 3 rings (SSSR count). The number of non-ortho nitro benzene ring substituents is 1. The highest BCUT2D eigenvalue weighted by Gasteiger charge is 2.12. The van der Waals surface area contributed by atoms with Crippen LogP contribution in [0.3, 0.4) is 0 Å². The normalized spacial score (nSPS) is 10.6. The van der Waals surface area contributed by atoms with Crippen molar-refractivity contribution in [2.75, 3.05) is 36.0 Å². The van der Waals surface area contributed by atoms with Crippen LogP contribution in [0.2, 0.25) is 39.3 Å². The van der Waals surface area contributed by atoms with E-state index in [1.165, 1.54) is 12.1 Å². The van der Waals surface area contributed by atoms with Gasteiger partial charge in [-0.3, -0.25) is 10.1 Å². The van der Waals surface area contributed by atoms with Gasteiger partial charge in [0, 0.05) is 83.1 Å². The van der Waals surface area contributed by atoms with Crippen LogP contribution in [0.15, 0.2) is 54.6 Å². The van der Waals surface area contributed by atoms with Gasteiger partial charge in [-0.15, -0.1) is 11.1 Å². The van der Waals surface area contributed by atoms with E-state index >= 15 is 0 Å². The molecule has 242 valence electrons. The number of anilines is 2. The maximum absolute atomic E-state index is 11.9. The molecule has 3 aromatic rings. The summed E-state index contributed by atoms with van der Waals surface area (Å²) in [5.74, 6) is 19.6. The minimum absolute atomic E-state index is 0.0433. The van der Waals surface area contributed by atoms with Crippen molar-refractivity contribution in [1.82, 2.24) is 0 Å². The Morgan fingerprint density at radius 2 is 0.787 bits per heavy atom. The van der Waals surface area contributed by atoms with Gasteiger partial charge in [0.15, 0.2) is 0 Å². The molecule has 0 atom stereocenters. The van der Waals surface area contributed by atoms with E-state index in [2.05, 4.69) is 148 Å². The Kier molecular flexibility index (Phi) is 12.7. The standard InChI is InChI=1S/C40H47N3O2Si2/c1-11-41(12-2)38-26-32(24-36(28-38)19-21-46(5,6)7)15-17-34-23-35(31-40(30-34)43(44)45)18-16-33-25-37(20-22-47(8,9)10)29-39(27-33)42(13-3)14-4/h23-31H,11-14H2,1-10H3. The summed E-state index contributed by atoms with van der Waals surface area (Å²) in [5, 5.41) is 11.9. The predicted molar refractivity (Wildman–Crippen MR) is 206 cm³/mol. The molecule has 0 bridgehead atoms. The summed E-state index contributed by atoms with van der Waals surface area (Å²) in [4.78, 5) is 16.0. The smallest absolute Gasteiger partial charge is 0.271 e. The number of benzene rings is 3. The molecular weight excluding hydrogens is 611 g/mol. The molecule has 0 radical (unpaired) electrons. The van der Waals surface area contributed by atoms with Gasteiger partial charge in [0.1, 0.15) is 16.1 Å². The Morgan fingerprint density at radius 1 is 0.511 bits per heavy atom. The SMILES string of the molecule is CCN(CC)c1cc(C#Cc2cc(C#Cc3cc(C#C[Si](C)(C)C)cc(N(CC)CC)c3)cc([N+](=O)[O-])c2)cc(C#C[Si](C)(C)C)c1. The van der Waals surface area contributed by atoms with E-state index in [4.69, 9.17) is 0 Å². The van der Waals surface area contributed by atoms with E-state index in [9.17, 15) is 10.1 Å². The fraction of sp³-hybridized carbons (Fsp3) is 0.350. The zero-order valence-corrected chi connectivity index (χ0v) is 31.7. The number of hydrogen-bond acceptors (Lipinski definition) is 4. The van der Waals surface area contributed by atoms with Crippen LogP contribution in [0.5, 0.6) is 0 Å². The predicted octanol–water partition coefficient (Wildman–Crippen LogP) is 8.54. The second kappa shape index (κ2) is 16.2. The van der Waals surface area contributed by atoms with E-state index in [0.29, 0.717) is 11.1 Å². The fourth-order valence-corrected chi connectivity index (χ4v) is 5.76. The number of hydrogen-bond donors (Lipinski definition) is 0. The number of nitro benzene ring substituents is 1. The topological polar surface area (TPSA) is 49.6 Å². The van der Waals surface area contributed by atoms with E-state index in [1.54, 1.807) is 0 Å². The van der Waals surface area contributed by atoms with Crippen molar-refractivity contribution in [1.29, 1.82) is 0 Å². The lowest BCUT2D eigenvalue weighted by atomic mass is 10.1. The highest BCUT2D eigenvalue weighted by molar-refractivity contribution is 6.84. The molecule has 0 aliphatic rings. The van der Waals surface area contributed by atoms with Crippen molar-refractivity contribution in [3.05, 3.63) is 98.1 Å². The first-order chi connectivity index (χ1) is 22.1. The summed E-state index contributed by atoms with van der Waals surface area (Å²) in [6, 6.07) is 17.2. The van der Waals surface area contributed by atoms with Gasteiger partial charge in [0.25, 0.3) is 5.69 Å². The summed E-state index contributed by atoms with van der Waals surface area (Å²) < 4.78 is 0. The van der Waals surface area contributed by atoms with Crippen molar-refractivity contribution < 1.29 is 4.92 Å².